The second kappa shape index (κ2) is 8.77. The maximum Gasteiger partial charge on any atom is 0.328 e. The van der Waals surface area contributed by atoms with Crippen molar-refractivity contribution >= 4 is 23.9 Å². The number of amides is 4. The standard InChI is InChI=1S/C22H25N3O4/c1-4-6-13-25(5-2)21(27)16-9-7-15(8-10-16)19-12-11-17(29-19)14-18-20(26)23-22(28)24(18)3/h7-12,14H,4-6,13H2,1-3H3,(H,23,26,28). The summed E-state index contributed by atoms with van der Waals surface area (Å²) in [4.78, 5) is 39.0. The van der Waals surface area contributed by atoms with Crippen molar-refractivity contribution in [3.63, 3.8) is 0 Å². The first-order valence-corrected chi connectivity index (χ1v) is 9.74. The van der Waals surface area contributed by atoms with Crippen LogP contribution in [-0.4, -0.2) is 47.8 Å². The van der Waals surface area contributed by atoms with Crippen LogP contribution in [0.3, 0.4) is 0 Å². The lowest BCUT2D eigenvalue weighted by atomic mass is 10.1. The molecule has 0 aliphatic carbocycles. The van der Waals surface area contributed by atoms with Gasteiger partial charge in [-0.1, -0.05) is 25.5 Å². The van der Waals surface area contributed by atoms with Gasteiger partial charge in [0.05, 0.1) is 0 Å². The second-order valence-electron chi connectivity index (χ2n) is 6.87. The summed E-state index contributed by atoms with van der Waals surface area (Å²) in [5.74, 6) is 0.643. The van der Waals surface area contributed by atoms with Crippen LogP contribution >= 0.6 is 0 Å². The maximum atomic E-state index is 12.6. The molecule has 1 aliphatic rings. The number of imide groups is 1. The van der Waals surface area contributed by atoms with Crippen LogP contribution < -0.4 is 5.32 Å². The van der Waals surface area contributed by atoms with Crippen LogP contribution in [0.25, 0.3) is 17.4 Å². The van der Waals surface area contributed by atoms with Crippen molar-refractivity contribution in [1.82, 2.24) is 15.1 Å². The van der Waals surface area contributed by atoms with Gasteiger partial charge in [0, 0.05) is 37.3 Å². The highest BCUT2D eigenvalue weighted by atomic mass is 16.3. The fourth-order valence-corrected chi connectivity index (χ4v) is 3.10. The first kappa shape index (κ1) is 20.4. The zero-order valence-electron chi connectivity index (χ0n) is 16.9. The van der Waals surface area contributed by atoms with Gasteiger partial charge in [-0.25, -0.2) is 4.79 Å². The van der Waals surface area contributed by atoms with E-state index in [0.717, 1.165) is 24.9 Å². The van der Waals surface area contributed by atoms with E-state index in [0.29, 0.717) is 23.6 Å². The number of carbonyl (C=O) groups is 3. The molecule has 1 aromatic heterocycles. The molecule has 0 spiro atoms. The summed E-state index contributed by atoms with van der Waals surface area (Å²) in [6.45, 7) is 5.53. The minimum Gasteiger partial charge on any atom is -0.457 e. The lowest BCUT2D eigenvalue weighted by Crippen LogP contribution is -2.31. The van der Waals surface area contributed by atoms with E-state index in [2.05, 4.69) is 12.2 Å². The number of nitrogens with zero attached hydrogens (tertiary/aromatic N) is 2. The number of rotatable bonds is 7. The van der Waals surface area contributed by atoms with Crippen molar-refractivity contribution < 1.29 is 18.8 Å². The minimum atomic E-state index is -0.464. The first-order valence-electron chi connectivity index (χ1n) is 9.74. The summed E-state index contributed by atoms with van der Waals surface area (Å²) >= 11 is 0. The van der Waals surface area contributed by atoms with Crippen LogP contribution in [0.4, 0.5) is 4.79 Å². The van der Waals surface area contributed by atoms with Crippen molar-refractivity contribution in [3.05, 3.63) is 53.4 Å². The van der Waals surface area contributed by atoms with Crippen LogP contribution in [0.5, 0.6) is 0 Å². The molecule has 0 bridgehead atoms. The molecule has 0 saturated carbocycles. The van der Waals surface area contributed by atoms with Crippen LogP contribution in [0.1, 0.15) is 42.8 Å². The average Bonchev–Trinajstić information content (AvgIpc) is 3.29. The Hall–Kier alpha value is -3.35. The summed E-state index contributed by atoms with van der Waals surface area (Å²) in [6.07, 6.45) is 3.56. The molecule has 29 heavy (non-hydrogen) atoms. The Balaban J connectivity index is 1.75. The van der Waals surface area contributed by atoms with Crippen LogP contribution in [0.2, 0.25) is 0 Å². The van der Waals surface area contributed by atoms with Crippen molar-refractivity contribution in [1.29, 1.82) is 0 Å². The molecule has 2 aromatic rings. The van der Waals surface area contributed by atoms with Crippen molar-refractivity contribution in [2.75, 3.05) is 20.1 Å². The molecule has 7 nitrogen and oxygen atoms in total. The topological polar surface area (TPSA) is 82.9 Å². The smallest absolute Gasteiger partial charge is 0.328 e. The zero-order valence-corrected chi connectivity index (χ0v) is 16.9. The van der Waals surface area contributed by atoms with Gasteiger partial charge in [0.2, 0.25) is 0 Å². The van der Waals surface area contributed by atoms with Gasteiger partial charge >= 0.3 is 6.03 Å². The lowest BCUT2D eigenvalue weighted by Gasteiger charge is -2.20. The third kappa shape index (κ3) is 4.39. The Bertz CT molecular complexity index is 943. The Labute approximate surface area is 170 Å². The number of nitrogens with one attached hydrogen (secondary N) is 1. The molecule has 1 fully saturated rings. The van der Waals surface area contributed by atoms with Crippen molar-refractivity contribution in [2.45, 2.75) is 26.7 Å². The lowest BCUT2D eigenvalue weighted by molar-refractivity contribution is -0.115. The van der Waals surface area contributed by atoms with Gasteiger partial charge in [0.25, 0.3) is 11.8 Å². The zero-order chi connectivity index (χ0) is 21.0. The number of benzene rings is 1. The first-order chi connectivity index (χ1) is 13.9. The number of hydrogen-bond acceptors (Lipinski definition) is 4. The molecular weight excluding hydrogens is 370 g/mol. The van der Waals surface area contributed by atoms with E-state index in [9.17, 15) is 14.4 Å². The predicted octanol–water partition coefficient (Wildman–Crippen LogP) is 3.73. The molecule has 2 heterocycles. The highest BCUT2D eigenvalue weighted by Gasteiger charge is 2.30. The second-order valence-corrected chi connectivity index (χ2v) is 6.87. The molecule has 1 aromatic carbocycles. The summed E-state index contributed by atoms with van der Waals surface area (Å²) in [7, 11) is 1.52. The van der Waals surface area contributed by atoms with Gasteiger partial charge < -0.3 is 9.32 Å². The van der Waals surface area contributed by atoms with E-state index in [1.807, 2.05) is 24.0 Å². The van der Waals surface area contributed by atoms with Gasteiger partial charge in [-0.15, -0.1) is 0 Å². The van der Waals surface area contributed by atoms with E-state index < -0.39 is 11.9 Å². The molecule has 0 unspecified atom stereocenters. The van der Waals surface area contributed by atoms with Crippen molar-refractivity contribution in [2.24, 2.45) is 0 Å². The number of hydrogen-bond donors (Lipinski definition) is 1. The fraction of sp³-hybridized carbons (Fsp3) is 0.318. The number of urea groups is 1. The average molecular weight is 395 g/mol. The molecular formula is C22H25N3O4. The maximum absolute atomic E-state index is 12.6. The van der Waals surface area contributed by atoms with Gasteiger partial charge in [-0.05, 0) is 37.6 Å². The number of unbranched alkanes of at least 4 members (excludes halogenated alkanes) is 1. The molecule has 1 N–H and O–H groups in total. The highest BCUT2D eigenvalue weighted by Crippen LogP contribution is 2.25. The largest absolute Gasteiger partial charge is 0.457 e. The summed E-state index contributed by atoms with van der Waals surface area (Å²) in [6, 6.07) is 10.3. The number of furan rings is 1. The Morgan fingerprint density at radius 1 is 1.14 bits per heavy atom. The van der Waals surface area contributed by atoms with Gasteiger partial charge in [-0.2, -0.15) is 0 Å². The molecule has 0 radical (unpaired) electrons. The monoisotopic (exact) mass is 395 g/mol. The van der Waals surface area contributed by atoms with E-state index in [-0.39, 0.29) is 11.6 Å². The van der Waals surface area contributed by atoms with Gasteiger partial charge in [0.1, 0.15) is 17.2 Å². The normalized spacial score (nSPS) is 15.1. The molecule has 7 heteroatoms. The summed E-state index contributed by atoms with van der Waals surface area (Å²) < 4.78 is 5.80. The third-order valence-corrected chi connectivity index (χ3v) is 4.89. The van der Waals surface area contributed by atoms with Gasteiger partial charge in [0.15, 0.2) is 0 Å². The molecule has 1 saturated heterocycles. The molecule has 0 atom stereocenters. The number of carbonyl (C=O) groups excluding carboxylic acids is 3. The molecule has 1 aliphatic heterocycles. The highest BCUT2D eigenvalue weighted by molar-refractivity contribution is 6.13. The van der Waals surface area contributed by atoms with Gasteiger partial charge in [-0.3, -0.25) is 19.8 Å². The molecule has 152 valence electrons. The fourth-order valence-electron chi connectivity index (χ4n) is 3.10. The SMILES string of the molecule is CCCCN(CC)C(=O)c1ccc(-c2ccc(C=C3C(=O)NC(=O)N3C)o2)cc1. The third-order valence-electron chi connectivity index (χ3n) is 4.89. The predicted molar refractivity (Wildman–Crippen MR) is 110 cm³/mol. The van der Waals surface area contributed by atoms with Crippen LogP contribution in [0, 0.1) is 0 Å². The Kier molecular flexibility index (Phi) is 6.16. The summed E-state index contributed by atoms with van der Waals surface area (Å²) in [5.41, 5.74) is 1.69. The molecule has 3 rings (SSSR count). The quantitative estimate of drug-likeness (QED) is 0.572. The van der Waals surface area contributed by atoms with E-state index in [1.54, 1.807) is 24.3 Å². The minimum absolute atomic E-state index is 0.0253. The van der Waals surface area contributed by atoms with E-state index in [4.69, 9.17) is 4.42 Å². The Morgan fingerprint density at radius 3 is 2.45 bits per heavy atom. The molecule has 4 amide bonds. The van der Waals surface area contributed by atoms with E-state index >= 15 is 0 Å². The van der Waals surface area contributed by atoms with E-state index in [1.165, 1.54) is 18.0 Å². The summed E-state index contributed by atoms with van der Waals surface area (Å²) in [5, 5.41) is 2.22. The van der Waals surface area contributed by atoms with Crippen molar-refractivity contribution in [3.8, 4) is 11.3 Å². The number of likely N-dealkylation sites (N-methyl/N-ethyl adjacent to an activating group) is 1. The van der Waals surface area contributed by atoms with Crippen LogP contribution in [0.15, 0.2) is 46.5 Å². The van der Waals surface area contributed by atoms with Crippen LogP contribution in [-0.2, 0) is 4.79 Å². The Morgan fingerprint density at radius 2 is 1.86 bits per heavy atom.